The molecule has 5 rings (SSSR count). The van der Waals surface area contributed by atoms with Crippen LogP contribution in [0.25, 0.3) is 11.1 Å². The molecular weight excluding hydrogens is 416 g/mol. The fourth-order valence-electron chi connectivity index (χ4n) is 4.92. The summed E-state index contributed by atoms with van der Waals surface area (Å²) in [6, 6.07) is 16.5. The van der Waals surface area contributed by atoms with Crippen LogP contribution in [0, 0.1) is 13.8 Å². The Morgan fingerprint density at radius 2 is 1.94 bits per heavy atom. The topological polar surface area (TPSA) is 54.0 Å². The third-order valence-corrected chi connectivity index (χ3v) is 6.60. The van der Waals surface area contributed by atoms with E-state index >= 15 is 0 Å². The number of methoxy groups -OCH3 is 1. The smallest absolute Gasteiger partial charge is 0.306 e. The quantitative estimate of drug-likeness (QED) is 0.469. The van der Waals surface area contributed by atoms with Crippen LogP contribution in [0.4, 0.5) is 0 Å². The summed E-state index contributed by atoms with van der Waals surface area (Å²) in [5, 5.41) is 0. The number of esters is 1. The van der Waals surface area contributed by atoms with Crippen LogP contribution >= 0.6 is 0 Å². The molecule has 2 heterocycles. The highest BCUT2D eigenvalue weighted by molar-refractivity contribution is 5.75. The van der Waals surface area contributed by atoms with Gasteiger partial charge in [0.15, 0.2) is 0 Å². The number of carbonyl (C=O) groups excluding carboxylic acids is 1. The Morgan fingerprint density at radius 3 is 2.79 bits per heavy atom. The van der Waals surface area contributed by atoms with E-state index in [0.717, 1.165) is 41.4 Å². The predicted molar refractivity (Wildman–Crippen MR) is 126 cm³/mol. The Labute approximate surface area is 194 Å². The van der Waals surface area contributed by atoms with Crippen LogP contribution in [-0.4, -0.2) is 26.3 Å². The SMILES string of the molecule is COC(=O)CC1COc2cc(OCc3cccc(-c4c(C)cc5c(c4C)CCO5)c3)ccc21. The first kappa shape index (κ1) is 21.4. The van der Waals surface area contributed by atoms with E-state index in [1.54, 1.807) is 0 Å². The van der Waals surface area contributed by atoms with Gasteiger partial charge >= 0.3 is 5.97 Å². The summed E-state index contributed by atoms with van der Waals surface area (Å²) >= 11 is 0. The Hall–Kier alpha value is -3.47. The molecule has 3 aromatic rings. The third kappa shape index (κ3) is 4.15. The van der Waals surface area contributed by atoms with Crippen molar-refractivity contribution in [1.82, 2.24) is 0 Å². The molecule has 33 heavy (non-hydrogen) atoms. The Bertz CT molecular complexity index is 1210. The summed E-state index contributed by atoms with van der Waals surface area (Å²) in [6.07, 6.45) is 1.29. The third-order valence-electron chi connectivity index (χ3n) is 6.60. The second-order valence-electron chi connectivity index (χ2n) is 8.75. The van der Waals surface area contributed by atoms with E-state index < -0.39 is 0 Å². The average Bonchev–Trinajstić information content (AvgIpc) is 3.45. The summed E-state index contributed by atoms with van der Waals surface area (Å²) in [5.74, 6) is 2.36. The number of carbonyl (C=O) groups is 1. The molecule has 0 bridgehead atoms. The summed E-state index contributed by atoms with van der Waals surface area (Å²) < 4.78 is 22.4. The average molecular weight is 445 g/mol. The molecule has 2 aliphatic heterocycles. The molecule has 170 valence electrons. The molecular formula is C28H28O5. The van der Waals surface area contributed by atoms with Crippen molar-refractivity contribution >= 4 is 5.97 Å². The number of rotatable bonds is 6. The first-order valence-electron chi connectivity index (χ1n) is 11.3. The lowest BCUT2D eigenvalue weighted by atomic mass is 9.90. The molecule has 2 aliphatic rings. The molecule has 1 unspecified atom stereocenters. The van der Waals surface area contributed by atoms with Crippen LogP contribution in [0.1, 0.15) is 40.2 Å². The summed E-state index contributed by atoms with van der Waals surface area (Å²) in [5.41, 5.74) is 8.46. The van der Waals surface area contributed by atoms with E-state index in [2.05, 4.69) is 44.2 Å². The molecule has 1 atom stereocenters. The predicted octanol–water partition coefficient (Wildman–Crippen LogP) is 5.52. The lowest BCUT2D eigenvalue weighted by molar-refractivity contribution is -0.141. The number of ether oxygens (including phenoxy) is 4. The zero-order valence-corrected chi connectivity index (χ0v) is 19.3. The molecule has 5 heteroatoms. The van der Waals surface area contributed by atoms with Gasteiger partial charge in [0.2, 0.25) is 0 Å². The van der Waals surface area contributed by atoms with Gasteiger partial charge in [-0.1, -0.05) is 24.3 Å². The van der Waals surface area contributed by atoms with E-state index in [9.17, 15) is 4.79 Å². The Balaban J connectivity index is 1.32. The number of benzene rings is 3. The van der Waals surface area contributed by atoms with Gasteiger partial charge in [0.05, 0.1) is 26.7 Å². The van der Waals surface area contributed by atoms with Gasteiger partial charge in [-0.3, -0.25) is 4.79 Å². The van der Waals surface area contributed by atoms with E-state index in [-0.39, 0.29) is 11.9 Å². The van der Waals surface area contributed by atoms with Crippen LogP contribution in [-0.2, 0) is 22.6 Å². The summed E-state index contributed by atoms with van der Waals surface area (Å²) in [4.78, 5) is 11.6. The molecule has 0 spiro atoms. The first-order valence-corrected chi connectivity index (χ1v) is 11.3. The van der Waals surface area contributed by atoms with Gasteiger partial charge in [-0.05, 0) is 59.9 Å². The zero-order chi connectivity index (χ0) is 22.9. The maximum absolute atomic E-state index is 11.6. The Morgan fingerprint density at radius 1 is 1.06 bits per heavy atom. The van der Waals surface area contributed by atoms with Crippen molar-refractivity contribution < 1.29 is 23.7 Å². The minimum Gasteiger partial charge on any atom is -0.493 e. The standard InChI is InChI=1S/C28H28O5/c1-17-11-25-23(9-10-31-25)18(2)28(17)20-6-4-5-19(12-20)15-32-22-7-8-24-21(13-27(29)30-3)16-33-26(24)14-22/h4-8,11-12,14,21H,9-10,13,15-16H2,1-3H3. The molecule has 0 aliphatic carbocycles. The van der Waals surface area contributed by atoms with Crippen molar-refractivity contribution in [2.75, 3.05) is 20.3 Å². The highest BCUT2D eigenvalue weighted by Gasteiger charge is 2.27. The number of aryl methyl sites for hydroxylation is 1. The molecule has 5 nitrogen and oxygen atoms in total. The fourth-order valence-corrected chi connectivity index (χ4v) is 4.92. The molecule has 0 N–H and O–H groups in total. The minimum atomic E-state index is -0.224. The zero-order valence-electron chi connectivity index (χ0n) is 19.3. The molecule has 0 saturated heterocycles. The normalized spacial score (nSPS) is 15.9. The highest BCUT2D eigenvalue weighted by atomic mass is 16.5. The van der Waals surface area contributed by atoms with Gasteiger partial charge in [-0.2, -0.15) is 0 Å². The van der Waals surface area contributed by atoms with Crippen LogP contribution in [0.15, 0.2) is 48.5 Å². The number of hydrogen-bond donors (Lipinski definition) is 0. The van der Waals surface area contributed by atoms with E-state index in [0.29, 0.717) is 19.6 Å². The van der Waals surface area contributed by atoms with Crippen molar-refractivity contribution in [2.24, 2.45) is 0 Å². The lowest BCUT2D eigenvalue weighted by Crippen LogP contribution is -2.09. The second-order valence-corrected chi connectivity index (χ2v) is 8.75. The highest BCUT2D eigenvalue weighted by Crippen LogP contribution is 2.39. The van der Waals surface area contributed by atoms with Crippen LogP contribution < -0.4 is 14.2 Å². The van der Waals surface area contributed by atoms with Crippen molar-refractivity contribution in [3.63, 3.8) is 0 Å². The van der Waals surface area contributed by atoms with Gasteiger partial charge in [-0.25, -0.2) is 0 Å². The lowest BCUT2D eigenvalue weighted by Gasteiger charge is -2.15. The van der Waals surface area contributed by atoms with Gasteiger partial charge < -0.3 is 18.9 Å². The maximum Gasteiger partial charge on any atom is 0.306 e. The molecule has 0 radical (unpaired) electrons. The molecule has 3 aromatic carbocycles. The largest absolute Gasteiger partial charge is 0.493 e. The molecule has 0 aromatic heterocycles. The monoisotopic (exact) mass is 444 g/mol. The fraction of sp³-hybridized carbons (Fsp3) is 0.321. The molecule has 0 saturated carbocycles. The van der Waals surface area contributed by atoms with Gasteiger partial charge in [0, 0.05) is 29.5 Å². The summed E-state index contributed by atoms with van der Waals surface area (Å²) in [7, 11) is 1.41. The first-order chi connectivity index (χ1) is 16.0. The van der Waals surface area contributed by atoms with Gasteiger partial charge in [0.1, 0.15) is 23.9 Å². The number of fused-ring (bicyclic) bond motifs is 2. The Kier molecular flexibility index (Phi) is 5.71. The van der Waals surface area contributed by atoms with Crippen molar-refractivity contribution in [1.29, 1.82) is 0 Å². The molecule has 0 fully saturated rings. The van der Waals surface area contributed by atoms with Crippen molar-refractivity contribution in [2.45, 2.75) is 39.2 Å². The second kappa shape index (κ2) is 8.81. The van der Waals surface area contributed by atoms with Gasteiger partial charge in [-0.15, -0.1) is 0 Å². The molecule has 0 amide bonds. The van der Waals surface area contributed by atoms with Crippen molar-refractivity contribution in [3.8, 4) is 28.4 Å². The van der Waals surface area contributed by atoms with E-state index in [1.165, 1.54) is 34.9 Å². The van der Waals surface area contributed by atoms with Crippen LogP contribution in [0.2, 0.25) is 0 Å². The maximum atomic E-state index is 11.6. The number of hydrogen-bond acceptors (Lipinski definition) is 5. The van der Waals surface area contributed by atoms with Crippen LogP contribution in [0.5, 0.6) is 17.2 Å². The minimum absolute atomic E-state index is 0.0300. The van der Waals surface area contributed by atoms with Crippen LogP contribution in [0.3, 0.4) is 0 Å². The van der Waals surface area contributed by atoms with Gasteiger partial charge in [0.25, 0.3) is 0 Å². The van der Waals surface area contributed by atoms with E-state index in [4.69, 9.17) is 18.9 Å². The summed E-state index contributed by atoms with van der Waals surface area (Å²) in [6.45, 7) is 6.05. The van der Waals surface area contributed by atoms with E-state index in [1.807, 2.05) is 18.2 Å². The van der Waals surface area contributed by atoms with Crippen molar-refractivity contribution in [3.05, 3.63) is 76.3 Å².